The van der Waals surface area contributed by atoms with Crippen LogP contribution in [-0.2, 0) is 22.6 Å². The molecule has 1 heterocycles. The molecule has 4 aromatic carbocycles. The molecule has 0 saturated heterocycles. The largest absolute Gasteiger partial charge is 0.454 e. The lowest BCUT2D eigenvalue weighted by molar-refractivity contribution is -0.139. The predicted molar refractivity (Wildman–Crippen MR) is 137 cm³/mol. The average Bonchev–Trinajstić information content (AvgIpc) is 3.38. The van der Waals surface area contributed by atoms with Gasteiger partial charge in [-0.05, 0) is 29.3 Å². The Morgan fingerprint density at radius 1 is 0.838 bits per heavy atom. The summed E-state index contributed by atoms with van der Waals surface area (Å²) in [7, 11) is 0. The minimum atomic E-state index is -1.01. The molecular weight excluding hydrogens is 471 g/mol. The molecule has 4 aromatic rings. The van der Waals surface area contributed by atoms with Gasteiger partial charge in [0.15, 0.2) is 11.5 Å². The minimum Gasteiger partial charge on any atom is -0.454 e. The molecule has 0 aromatic heterocycles. The normalized spacial score (nSPS) is 12.6. The summed E-state index contributed by atoms with van der Waals surface area (Å²) >= 11 is 0. The summed E-state index contributed by atoms with van der Waals surface area (Å²) in [4.78, 5) is 29.0. The molecular formula is C30H25FN2O4. The molecule has 7 heteroatoms. The van der Waals surface area contributed by atoms with Gasteiger partial charge in [0.05, 0.1) is 6.42 Å². The van der Waals surface area contributed by atoms with Crippen molar-refractivity contribution in [3.8, 4) is 11.5 Å². The lowest BCUT2D eigenvalue weighted by Gasteiger charge is -2.32. The second kappa shape index (κ2) is 11.0. The zero-order valence-electron chi connectivity index (χ0n) is 20.0. The van der Waals surface area contributed by atoms with E-state index in [1.165, 1.54) is 11.0 Å². The molecule has 0 saturated carbocycles. The van der Waals surface area contributed by atoms with Crippen LogP contribution >= 0.6 is 0 Å². The van der Waals surface area contributed by atoms with E-state index in [9.17, 15) is 14.0 Å². The minimum absolute atomic E-state index is 0.0654. The molecule has 2 amide bonds. The maximum absolute atomic E-state index is 14.7. The maximum atomic E-state index is 14.7. The first-order valence-electron chi connectivity index (χ1n) is 11.9. The van der Waals surface area contributed by atoms with E-state index >= 15 is 0 Å². The third-order valence-corrected chi connectivity index (χ3v) is 6.13. The van der Waals surface area contributed by atoms with Gasteiger partial charge in [-0.15, -0.1) is 0 Å². The number of hydrogen-bond donors (Lipinski definition) is 1. The van der Waals surface area contributed by atoms with Crippen molar-refractivity contribution < 1.29 is 23.5 Å². The Labute approximate surface area is 214 Å². The van der Waals surface area contributed by atoms with Crippen LogP contribution in [0.4, 0.5) is 10.1 Å². The Morgan fingerprint density at radius 2 is 1.51 bits per heavy atom. The van der Waals surface area contributed by atoms with Gasteiger partial charge in [0.25, 0.3) is 5.91 Å². The van der Waals surface area contributed by atoms with Crippen molar-refractivity contribution in [3.63, 3.8) is 0 Å². The Balaban J connectivity index is 1.51. The highest BCUT2D eigenvalue weighted by Gasteiger charge is 2.32. The zero-order chi connectivity index (χ0) is 25.6. The van der Waals surface area contributed by atoms with Crippen molar-refractivity contribution in [1.29, 1.82) is 0 Å². The number of rotatable bonds is 8. The molecule has 0 aliphatic carbocycles. The number of benzene rings is 4. The van der Waals surface area contributed by atoms with Crippen molar-refractivity contribution in [2.24, 2.45) is 0 Å². The number of anilines is 1. The van der Waals surface area contributed by atoms with Crippen molar-refractivity contribution in [2.45, 2.75) is 19.0 Å². The lowest BCUT2D eigenvalue weighted by Crippen LogP contribution is -2.41. The highest BCUT2D eigenvalue weighted by molar-refractivity contribution is 5.98. The first-order valence-corrected chi connectivity index (χ1v) is 11.9. The van der Waals surface area contributed by atoms with Gasteiger partial charge in [0.1, 0.15) is 11.9 Å². The van der Waals surface area contributed by atoms with Crippen molar-refractivity contribution in [1.82, 2.24) is 4.90 Å². The van der Waals surface area contributed by atoms with Crippen LogP contribution in [0.3, 0.4) is 0 Å². The van der Waals surface area contributed by atoms with Crippen LogP contribution < -0.4 is 14.8 Å². The molecule has 6 nitrogen and oxygen atoms in total. The molecule has 0 bridgehead atoms. The van der Waals surface area contributed by atoms with E-state index in [4.69, 9.17) is 9.47 Å². The van der Waals surface area contributed by atoms with Gasteiger partial charge >= 0.3 is 0 Å². The number of carbonyl (C=O) groups is 2. The van der Waals surface area contributed by atoms with Gasteiger partial charge in [-0.25, -0.2) is 4.39 Å². The van der Waals surface area contributed by atoms with Crippen molar-refractivity contribution >= 4 is 17.5 Å². The van der Waals surface area contributed by atoms with Crippen LogP contribution in [0.5, 0.6) is 11.5 Å². The number of halogens is 1. The van der Waals surface area contributed by atoms with E-state index in [1.54, 1.807) is 60.7 Å². The molecule has 1 aliphatic rings. The van der Waals surface area contributed by atoms with E-state index < -0.39 is 17.8 Å². The summed E-state index contributed by atoms with van der Waals surface area (Å²) in [5.74, 6) is -0.0517. The van der Waals surface area contributed by atoms with Gasteiger partial charge in [0.2, 0.25) is 12.7 Å². The number of amides is 2. The van der Waals surface area contributed by atoms with Crippen molar-refractivity contribution in [2.75, 3.05) is 12.1 Å². The monoisotopic (exact) mass is 496 g/mol. The Hall–Kier alpha value is -4.65. The molecule has 0 spiro atoms. The summed E-state index contributed by atoms with van der Waals surface area (Å²) in [5.41, 5.74) is 2.23. The smallest absolute Gasteiger partial charge is 0.251 e. The van der Waals surface area contributed by atoms with E-state index in [1.807, 2.05) is 36.4 Å². The van der Waals surface area contributed by atoms with Crippen LogP contribution in [0.25, 0.3) is 0 Å². The fourth-order valence-corrected chi connectivity index (χ4v) is 4.30. The van der Waals surface area contributed by atoms with Gasteiger partial charge in [-0.3, -0.25) is 9.59 Å². The highest BCUT2D eigenvalue weighted by atomic mass is 19.1. The average molecular weight is 497 g/mol. The molecule has 1 aliphatic heterocycles. The quantitative estimate of drug-likeness (QED) is 0.350. The fraction of sp³-hybridized carbons (Fsp3) is 0.133. The maximum Gasteiger partial charge on any atom is 0.251 e. The Bertz CT molecular complexity index is 1400. The molecule has 0 radical (unpaired) electrons. The van der Waals surface area contributed by atoms with Gasteiger partial charge in [-0.1, -0.05) is 78.9 Å². The topological polar surface area (TPSA) is 67.9 Å². The van der Waals surface area contributed by atoms with Gasteiger partial charge < -0.3 is 19.7 Å². The SMILES string of the molecule is O=C(Nc1ccc2c(c1)OCO2)C(c1ccccc1)N(Cc1ccccc1F)C(=O)Cc1ccccc1. The van der Waals surface area contributed by atoms with E-state index in [0.29, 0.717) is 28.3 Å². The number of nitrogens with one attached hydrogen (secondary N) is 1. The first-order chi connectivity index (χ1) is 18.1. The third-order valence-electron chi connectivity index (χ3n) is 6.13. The third kappa shape index (κ3) is 5.62. The van der Waals surface area contributed by atoms with Gasteiger partial charge in [0, 0.05) is 23.9 Å². The molecule has 5 rings (SSSR count). The van der Waals surface area contributed by atoms with Crippen LogP contribution in [-0.4, -0.2) is 23.5 Å². The lowest BCUT2D eigenvalue weighted by atomic mass is 10.0. The number of fused-ring (bicyclic) bond motifs is 1. The number of hydrogen-bond acceptors (Lipinski definition) is 4. The van der Waals surface area contributed by atoms with Crippen LogP contribution in [0.2, 0.25) is 0 Å². The standard InChI is InChI=1S/C30H25FN2O4/c31-25-14-8-7-13-23(25)19-33(28(34)17-21-9-3-1-4-10-21)29(22-11-5-2-6-12-22)30(35)32-24-15-16-26-27(18-24)37-20-36-26/h1-16,18,29H,17,19-20H2,(H,32,35). The summed E-state index contributed by atoms with van der Waals surface area (Å²) in [6.45, 7) is 0.0379. The molecule has 1 unspecified atom stereocenters. The molecule has 1 N–H and O–H groups in total. The van der Waals surface area contributed by atoms with Crippen molar-refractivity contribution in [3.05, 3.63) is 126 Å². The van der Waals surface area contributed by atoms with E-state index in [0.717, 1.165) is 5.56 Å². The number of carbonyl (C=O) groups excluding carboxylic acids is 2. The molecule has 1 atom stereocenters. The predicted octanol–water partition coefficient (Wildman–Crippen LogP) is 5.51. The van der Waals surface area contributed by atoms with Crippen LogP contribution in [0, 0.1) is 5.82 Å². The second-order valence-corrected chi connectivity index (χ2v) is 8.65. The number of nitrogens with zero attached hydrogens (tertiary/aromatic N) is 1. The molecule has 0 fully saturated rings. The fourth-order valence-electron chi connectivity index (χ4n) is 4.30. The Kier molecular flexibility index (Phi) is 7.12. The van der Waals surface area contributed by atoms with E-state index in [2.05, 4.69) is 5.32 Å². The van der Waals surface area contributed by atoms with Crippen LogP contribution in [0.15, 0.2) is 103 Å². The second-order valence-electron chi connectivity index (χ2n) is 8.65. The zero-order valence-corrected chi connectivity index (χ0v) is 20.0. The summed E-state index contributed by atoms with van der Waals surface area (Å²) in [5, 5.41) is 2.91. The summed E-state index contributed by atoms with van der Waals surface area (Å²) in [6, 6.07) is 28.7. The summed E-state index contributed by atoms with van der Waals surface area (Å²) < 4.78 is 25.5. The summed E-state index contributed by atoms with van der Waals surface area (Å²) in [6.07, 6.45) is 0.0654. The molecule has 186 valence electrons. The highest BCUT2D eigenvalue weighted by Crippen LogP contribution is 2.35. The van der Waals surface area contributed by atoms with E-state index in [-0.39, 0.29) is 25.7 Å². The number of ether oxygens (including phenoxy) is 2. The first kappa shape index (κ1) is 24.1. The molecule has 37 heavy (non-hydrogen) atoms. The van der Waals surface area contributed by atoms with Gasteiger partial charge in [-0.2, -0.15) is 0 Å². The Morgan fingerprint density at radius 3 is 2.27 bits per heavy atom. The van der Waals surface area contributed by atoms with Crippen LogP contribution in [0.1, 0.15) is 22.7 Å².